The van der Waals surface area contributed by atoms with Gasteiger partial charge in [-0.2, -0.15) is 5.10 Å². The Kier molecular flexibility index (Phi) is 6.09. The maximum Gasteiger partial charge on any atom is 0.276 e. The number of aromatic nitrogens is 4. The molecule has 8 nitrogen and oxygen atoms in total. The summed E-state index contributed by atoms with van der Waals surface area (Å²) in [5.74, 6) is 0.893. The standard InChI is InChI=1S/C20H22ClN5O3/c21-15-10-17(13-22-12-15)28-14-18-11-19(24-29-18)20(27)26-8-2-1-4-16(26)5-9-25-7-3-6-23-25/h3,6-7,10-13,16H,1-2,4-5,8-9,14H2. The Hall–Kier alpha value is -2.87. The van der Waals surface area contributed by atoms with Crippen LogP contribution >= 0.6 is 11.6 Å². The van der Waals surface area contributed by atoms with Crippen LogP contribution in [0, 0.1) is 0 Å². The first-order valence-electron chi connectivity index (χ1n) is 9.66. The topological polar surface area (TPSA) is 86.3 Å². The van der Waals surface area contributed by atoms with Crippen molar-refractivity contribution in [1.29, 1.82) is 0 Å². The van der Waals surface area contributed by atoms with Gasteiger partial charge >= 0.3 is 0 Å². The van der Waals surface area contributed by atoms with Crippen molar-refractivity contribution in [1.82, 2.24) is 24.8 Å². The number of nitrogens with zero attached hydrogens (tertiary/aromatic N) is 5. The normalized spacial score (nSPS) is 16.7. The summed E-state index contributed by atoms with van der Waals surface area (Å²) in [6, 6.07) is 5.38. The van der Waals surface area contributed by atoms with Gasteiger partial charge in [-0.15, -0.1) is 0 Å². The minimum Gasteiger partial charge on any atom is -0.484 e. The highest BCUT2D eigenvalue weighted by atomic mass is 35.5. The molecule has 1 atom stereocenters. The molecule has 1 amide bonds. The van der Waals surface area contributed by atoms with Gasteiger partial charge in [-0.1, -0.05) is 16.8 Å². The zero-order valence-electron chi connectivity index (χ0n) is 15.9. The Balaban J connectivity index is 1.37. The third kappa shape index (κ3) is 4.95. The average Bonchev–Trinajstić information content (AvgIpc) is 3.43. The summed E-state index contributed by atoms with van der Waals surface area (Å²) in [7, 11) is 0. The fourth-order valence-electron chi connectivity index (χ4n) is 3.54. The summed E-state index contributed by atoms with van der Waals surface area (Å²) in [6.07, 6.45) is 10.8. The Labute approximate surface area is 173 Å². The van der Waals surface area contributed by atoms with Gasteiger partial charge in [0.2, 0.25) is 0 Å². The summed E-state index contributed by atoms with van der Waals surface area (Å²) in [5.41, 5.74) is 0.304. The highest BCUT2D eigenvalue weighted by Gasteiger charge is 2.29. The van der Waals surface area contributed by atoms with Crippen LogP contribution in [0.4, 0.5) is 0 Å². The lowest BCUT2D eigenvalue weighted by molar-refractivity contribution is 0.0583. The van der Waals surface area contributed by atoms with Gasteiger partial charge < -0.3 is 14.2 Å². The zero-order chi connectivity index (χ0) is 20.1. The van der Waals surface area contributed by atoms with E-state index in [2.05, 4.69) is 15.2 Å². The van der Waals surface area contributed by atoms with Crippen molar-refractivity contribution in [2.24, 2.45) is 0 Å². The van der Waals surface area contributed by atoms with Crippen molar-refractivity contribution >= 4 is 17.5 Å². The number of ether oxygens (including phenoxy) is 1. The van der Waals surface area contributed by atoms with E-state index in [9.17, 15) is 4.79 Å². The van der Waals surface area contributed by atoms with Crippen LogP contribution in [0.5, 0.6) is 5.75 Å². The maximum atomic E-state index is 13.0. The molecule has 0 radical (unpaired) electrons. The first-order valence-corrected chi connectivity index (χ1v) is 10.0. The molecule has 0 bridgehead atoms. The van der Waals surface area contributed by atoms with Crippen LogP contribution in [0.15, 0.2) is 47.5 Å². The number of carbonyl (C=O) groups excluding carboxylic acids is 1. The number of halogens is 1. The third-order valence-electron chi connectivity index (χ3n) is 4.98. The summed E-state index contributed by atoms with van der Waals surface area (Å²) in [5, 5.41) is 8.69. The van der Waals surface area contributed by atoms with E-state index in [1.165, 1.54) is 6.20 Å². The minimum absolute atomic E-state index is 0.102. The van der Waals surface area contributed by atoms with Crippen molar-refractivity contribution in [3.63, 3.8) is 0 Å². The van der Waals surface area contributed by atoms with Crippen LogP contribution < -0.4 is 4.74 Å². The smallest absolute Gasteiger partial charge is 0.276 e. The second kappa shape index (κ2) is 9.09. The van der Waals surface area contributed by atoms with Crippen molar-refractivity contribution in [3.05, 3.63) is 59.5 Å². The molecule has 29 heavy (non-hydrogen) atoms. The van der Waals surface area contributed by atoms with Crippen molar-refractivity contribution < 1.29 is 14.1 Å². The molecule has 0 spiro atoms. The molecule has 152 valence electrons. The Morgan fingerprint density at radius 2 is 2.24 bits per heavy atom. The van der Waals surface area contributed by atoms with Gasteiger partial charge in [0.05, 0.1) is 11.2 Å². The van der Waals surface area contributed by atoms with Gasteiger partial charge in [-0.05, 0) is 31.7 Å². The van der Waals surface area contributed by atoms with E-state index < -0.39 is 0 Å². The largest absolute Gasteiger partial charge is 0.484 e. The van der Waals surface area contributed by atoms with Gasteiger partial charge in [0.1, 0.15) is 12.4 Å². The molecule has 1 fully saturated rings. The van der Waals surface area contributed by atoms with E-state index in [0.29, 0.717) is 22.2 Å². The number of rotatable bonds is 7. The Bertz CT molecular complexity index is 943. The first-order chi connectivity index (χ1) is 14.2. The molecule has 0 aliphatic carbocycles. The highest BCUT2D eigenvalue weighted by Crippen LogP contribution is 2.23. The van der Waals surface area contributed by atoms with Crippen molar-refractivity contribution in [2.75, 3.05) is 6.54 Å². The monoisotopic (exact) mass is 415 g/mol. The van der Waals surface area contributed by atoms with Crippen LogP contribution in [-0.4, -0.2) is 43.3 Å². The zero-order valence-corrected chi connectivity index (χ0v) is 16.7. The quantitative estimate of drug-likeness (QED) is 0.586. The molecular formula is C20H22ClN5O3. The summed E-state index contributed by atoms with van der Waals surface area (Å²) >= 11 is 5.90. The Morgan fingerprint density at radius 1 is 1.31 bits per heavy atom. The molecule has 4 rings (SSSR count). The molecule has 0 aromatic carbocycles. The van der Waals surface area contributed by atoms with Gasteiger partial charge in [-0.3, -0.25) is 14.5 Å². The molecule has 3 aromatic heterocycles. The van der Waals surface area contributed by atoms with Crippen LogP contribution in [0.25, 0.3) is 0 Å². The van der Waals surface area contributed by atoms with E-state index in [1.807, 2.05) is 21.8 Å². The summed E-state index contributed by atoms with van der Waals surface area (Å²) in [4.78, 5) is 18.9. The molecular weight excluding hydrogens is 394 g/mol. The van der Waals surface area contributed by atoms with Crippen molar-refractivity contribution in [2.45, 2.75) is 44.9 Å². The fraction of sp³-hybridized carbons (Fsp3) is 0.400. The molecule has 0 saturated carbocycles. The van der Waals surface area contributed by atoms with Gasteiger partial charge in [0, 0.05) is 49.9 Å². The van der Waals surface area contributed by atoms with E-state index >= 15 is 0 Å². The molecule has 9 heteroatoms. The van der Waals surface area contributed by atoms with Gasteiger partial charge in [0.25, 0.3) is 5.91 Å². The number of aryl methyl sites for hydroxylation is 1. The number of amides is 1. The SMILES string of the molecule is O=C(c1cc(COc2cncc(Cl)c2)on1)N1CCCCC1CCn1cccn1. The number of carbonyl (C=O) groups is 1. The van der Waals surface area contributed by atoms with Crippen LogP contribution in [0.2, 0.25) is 5.02 Å². The predicted molar refractivity (Wildman–Crippen MR) is 106 cm³/mol. The number of piperidine rings is 1. The van der Waals surface area contributed by atoms with E-state index in [1.54, 1.807) is 24.5 Å². The lowest BCUT2D eigenvalue weighted by Crippen LogP contribution is -2.44. The average molecular weight is 416 g/mol. The van der Waals surface area contributed by atoms with Crippen molar-refractivity contribution in [3.8, 4) is 5.75 Å². The van der Waals surface area contributed by atoms with Crippen LogP contribution in [-0.2, 0) is 13.2 Å². The molecule has 0 N–H and O–H groups in total. The van der Waals surface area contributed by atoms with Crippen LogP contribution in [0.1, 0.15) is 41.9 Å². The number of hydrogen-bond donors (Lipinski definition) is 0. The van der Waals surface area contributed by atoms with Gasteiger partial charge in [0.15, 0.2) is 11.5 Å². The van der Waals surface area contributed by atoms with E-state index in [0.717, 1.165) is 38.8 Å². The van der Waals surface area contributed by atoms with Crippen LogP contribution in [0.3, 0.4) is 0 Å². The molecule has 3 aromatic rings. The number of likely N-dealkylation sites (tertiary alicyclic amines) is 1. The molecule has 1 aliphatic rings. The van der Waals surface area contributed by atoms with E-state index in [-0.39, 0.29) is 18.6 Å². The first kappa shape index (κ1) is 19.4. The lowest BCUT2D eigenvalue weighted by Gasteiger charge is -2.35. The predicted octanol–water partition coefficient (Wildman–Crippen LogP) is 3.58. The molecule has 4 heterocycles. The Morgan fingerprint density at radius 3 is 3.07 bits per heavy atom. The summed E-state index contributed by atoms with van der Waals surface area (Å²) in [6.45, 7) is 1.66. The van der Waals surface area contributed by atoms with E-state index in [4.69, 9.17) is 20.9 Å². The second-order valence-corrected chi connectivity index (χ2v) is 7.45. The third-order valence-corrected chi connectivity index (χ3v) is 5.18. The fourth-order valence-corrected chi connectivity index (χ4v) is 3.70. The second-order valence-electron chi connectivity index (χ2n) is 7.01. The highest BCUT2D eigenvalue weighted by molar-refractivity contribution is 6.30. The molecule has 1 aliphatic heterocycles. The summed E-state index contributed by atoms with van der Waals surface area (Å²) < 4.78 is 12.8. The van der Waals surface area contributed by atoms with Gasteiger partial charge in [-0.25, -0.2) is 0 Å². The number of hydrogen-bond acceptors (Lipinski definition) is 6. The molecule has 1 saturated heterocycles. The maximum absolute atomic E-state index is 13.0. The molecule has 1 unspecified atom stereocenters. The lowest BCUT2D eigenvalue weighted by atomic mass is 9.99. The number of pyridine rings is 1. The minimum atomic E-state index is -0.102.